The number of hydrogen-bond donors (Lipinski definition) is 2. The zero-order valence-electron chi connectivity index (χ0n) is 20.1. The van der Waals surface area contributed by atoms with E-state index < -0.39 is 23.9 Å². The van der Waals surface area contributed by atoms with E-state index in [0.29, 0.717) is 18.6 Å². The molecule has 3 aliphatic heterocycles. The quantitative estimate of drug-likeness (QED) is 0.420. The molecule has 1 saturated heterocycles. The number of ketones is 2. The van der Waals surface area contributed by atoms with Crippen LogP contribution in [0.25, 0.3) is 0 Å². The molecule has 0 amide bonds. The summed E-state index contributed by atoms with van der Waals surface area (Å²) in [6.07, 6.45) is -10.4. The summed E-state index contributed by atoms with van der Waals surface area (Å²) in [4.78, 5) is 21.8. The maximum atomic E-state index is 13.7. The fraction of sp³-hybridized carbons (Fsp3) is 0.440. The molecule has 3 aliphatic rings. The summed E-state index contributed by atoms with van der Waals surface area (Å²) in [7, 11) is 0. The molecule has 3 heterocycles. The maximum absolute atomic E-state index is 13.7. The predicted octanol–water partition coefficient (Wildman–Crippen LogP) is 4.92. The van der Waals surface area contributed by atoms with Gasteiger partial charge in [-0.25, -0.2) is 4.39 Å². The molecule has 0 unspecified atom stereocenters. The number of hydrogen-bond acceptors (Lipinski definition) is 6. The molecular weight excluding hydrogens is 523 g/mol. The van der Waals surface area contributed by atoms with Crippen molar-refractivity contribution in [3.05, 3.63) is 52.8 Å². The first-order valence-electron chi connectivity index (χ1n) is 11.7. The normalized spacial score (nSPS) is 20.5. The van der Waals surface area contributed by atoms with Crippen LogP contribution < -0.4 is 15.5 Å². The van der Waals surface area contributed by atoms with Crippen LogP contribution in [-0.2, 0) is 20.9 Å². The fourth-order valence-electron chi connectivity index (χ4n) is 5.00. The Balaban J connectivity index is 0.000000240. The topological polar surface area (TPSA) is 70.7 Å². The van der Waals surface area contributed by atoms with E-state index >= 15 is 0 Å². The summed E-state index contributed by atoms with van der Waals surface area (Å²) in [5.74, 6) is -6.51. The Kier molecular flexibility index (Phi) is 7.71. The van der Waals surface area contributed by atoms with Gasteiger partial charge in [0.15, 0.2) is 0 Å². The third kappa shape index (κ3) is 5.78. The highest BCUT2D eigenvalue weighted by Crippen LogP contribution is 2.47. The van der Waals surface area contributed by atoms with Crippen LogP contribution in [0.15, 0.2) is 30.3 Å². The average Bonchev–Trinajstić information content (AvgIpc) is 3.00. The number of ether oxygens (including phenoxy) is 1. The van der Waals surface area contributed by atoms with Gasteiger partial charge >= 0.3 is 23.9 Å². The molecular formula is C25H24F7N3O3. The number of Topliss-reactive ketones (excluding diaryl/α,β-unsaturated/α-hetero) is 2. The summed E-state index contributed by atoms with van der Waals surface area (Å²) >= 11 is 0. The number of piperidine rings is 1. The Morgan fingerprint density at radius 2 is 1.74 bits per heavy atom. The number of anilines is 3. The number of aryl methyl sites for hydroxylation is 1. The van der Waals surface area contributed by atoms with Gasteiger partial charge in [-0.15, -0.1) is 0 Å². The summed E-state index contributed by atoms with van der Waals surface area (Å²) in [6.45, 7) is 6.49. The van der Waals surface area contributed by atoms with Crippen molar-refractivity contribution in [2.45, 2.75) is 44.3 Å². The second-order valence-electron chi connectivity index (χ2n) is 9.22. The third-order valence-electron chi connectivity index (χ3n) is 6.68. The highest BCUT2D eigenvalue weighted by atomic mass is 19.4. The predicted molar refractivity (Wildman–Crippen MR) is 124 cm³/mol. The van der Waals surface area contributed by atoms with Gasteiger partial charge in [-0.05, 0) is 55.3 Å². The molecule has 5 rings (SSSR count). The molecule has 13 heteroatoms. The molecule has 0 bridgehead atoms. The van der Waals surface area contributed by atoms with Gasteiger partial charge in [0, 0.05) is 47.7 Å². The minimum Gasteiger partial charge on any atom is -0.375 e. The van der Waals surface area contributed by atoms with E-state index in [1.165, 1.54) is 29.3 Å². The smallest absolute Gasteiger partial charge is 0.375 e. The Hall–Kier alpha value is -3.19. The molecule has 2 aromatic rings. The SMILES string of the molecule is Cc1ccc(F)cc1Nc1cc2c3c(c1)[C@@H]1CNCC[C@@H]1N3CCOC2.O=C(C(=O)C(F)(F)F)C(F)(F)F. The number of halogens is 7. The monoisotopic (exact) mass is 547 g/mol. The molecule has 0 aliphatic carbocycles. The van der Waals surface area contributed by atoms with Crippen LogP contribution in [0.4, 0.5) is 47.8 Å². The highest BCUT2D eigenvalue weighted by molar-refractivity contribution is 6.41. The van der Waals surface area contributed by atoms with Gasteiger partial charge in [-0.1, -0.05) is 6.07 Å². The second kappa shape index (κ2) is 10.5. The molecule has 38 heavy (non-hydrogen) atoms. The van der Waals surface area contributed by atoms with E-state index in [2.05, 4.69) is 27.7 Å². The van der Waals surface area contributed by atoms with Crippen LogP contribution in [0.3, 0.4) is 0 Å². The van der Waals surface area contributed by atoms with E-state index in [1.807, 2.05) is 13.0 Å². The van der Waals surface area contributed by atoms with Crippen LogP contribution in [0.1, 0.15) is 29.0 Å². The molecule has 2 N–H and O–H groups in total. The van der Waals surface area contributed by atoms with Crippen molar-refractivity contribution >= 4 is 28.6 Å². The number of benzene rings is 2. The van der Waals surface area contributed by atoms with Crippen LogP contribution in [0, 0.1) is 12.7 Å². The number of nitrogens with one attached hydrogen (secondary N) is 2. The van der Waals surface area contributed by atoms with Gasteiger partial charge < -0.3 is 20.3 Å². The van der Waals surface area contributed by atoms with Crippen molar-refractivity contribution in [1.82, 2.24) is 5.32 Å². The lowest BCUT2D eigenvalue weighted by molar-refractivity contribution is -0.193. The van der Waals surface area contributed by atoms with Gasteiger partial charge in [-0.2, -0.15) is 26.3 Å². The molecule has 0 radical (unpaired) electrons. The standard InChI is InChI=1S/C21H24FN3O.C4F6O2/c1-13-2-3-15(22)9-19(13)24-16-8-14-12-26-7-6-25-20-4-5-23-11-18(20)17(10-16)21(14)25;5-3(6,7)1(11)2(12)4(8,9)10/h2-3,8-10,18,20,23-24H,4-7,11-12H2,1H3;/t18-,20-;/m0./s1. The molecule has 2 aromatic carbocycles. The number of nitrogens with zero attached hydrogens (tertiary/aromatic N) is 1. The van der Waals surface area contributed by atoms with E-state index in [4.69, 9.17) is 4.74 Å². The minimum absolute atomic E-state index is 0.219. The Morgan fingerprint density at radius 1 is 1.05 bits per heavy atom. The van der Waals surface area contributed by atoms with Crippen LogP contribution in [-0.4, -0.2) is 56.2 Å². The van der Waals surface area contributed by atoms with Crippen molar-refractivity contribution < 1.29 is 45.1 Å². The van der Waals surface area contributed by atoms with Crippen LogP contribution in [0.2, 0.25) is 0 Å². The zero-order valence-corrected chi connectivity index (χ0v) is 20.1. The van der Waals surface area contributed by atoms with Crippen molar-refractivity contribution in [2.75, 3.05) is 36.5 Å². The summed E-state index contributed by atoms with van der Waals surface area (Å²) in [5, 5.41) is 6.99. The van der Waals surface area contributed by atoms with Gasteiger partial charge in [-0.3, -0.25) is 9.59 Å². The summed E-state index contributed by atoms with van der Waals surface area (Å²) in [5.41, 5.74) is 6.90. The molecule has 0 saturated carbocycles. The number of carbonyl (C=O) groups is 2. The summed E-state index contributed by atoms with van der Waals surface area (Å²) < 4.78 is 86.5. The zero-order chi connectivity index (χ0) is 27.8. The van der Waals surface area contributed by atoms with Gasteiger partial charge in [0.2, 0.25) is 0 Å². The van der Waals surface area contributed by atoms with Crippen molar-refractivity contribution in [3.8, 4) is 0 Å². The first-order valence-corrected chi connectivity index (χ1v) is 11.7. The molecule has 206 valence electrons. The molecule has 6 nitrogen and oxygen atoms in total. The lowest BCUT2D eigenvalue weighted by atomic mass is 9.89. The van der Waals surface area contributed by atoms with Crippen molar-refractivity contribution in [3.63, 3.8) is 0 Å². The third-order valence-corrected chi connectivity index (χ3v) is 6.68. The summed E-state index contributed by atoms with van der Waals surface area (Å²) in [6, 6.07) is 9.88. The number of fused-ring (bicyclic) bond motifs is 3. The first-order chi connectivity index (χ1) is 17.8. The maximum Gasteiger partial charge on any atom is 0.458 e. The number of rotatable bonds is 3. The van der Waals surface area contributed by atoms with E-state index in [9.17, 15) is 40.3 Å². The second-order valence-corrected chi connectivity index (χ2v) is 9.22. The average molecular weight is 547 g/mol. The highest BCUT2D eigenvalue weighted by Gasteiger charge is 2.54. The largest absolute Gasteiger partial charge is 0.458 e. The molecule has 1 fully saturated rings. The van der Waals surface area contributed by atoms with Gasteiger partial charge in [0.25, 0.3) is 0 Å². The van der Waals surface area contributed by atoms with Crippen molar-refractivity contribution in [2.24, 2.45) is 0 Å². The van der Waals surface area contributed by atoms with Crippen molar-refractivity contribution in [1.29, 1.82) is 0 Å². The Bertz CT molecular complexity index is 1210. The number of carbonyl (C=O) groups excluding carboxylic acids is 2. The van der Waals surface area contributed by atoms with E-state index in [-0.39, 0.29) is 5.82 Å². The van der Waals surface area contributed by atoms with Gasteiger partial charge in [0.05, 0.1) is 13.2 Å². The first kappa shape index (κ1) is 27.8. The lowest BCUT2D eigenvalue weighted by Gasteiger charge is -2.33. The minimum atomic E-state index is -5.77. The molecule has 2 atom stereocenters. The molecule has 0 spiro atoms. The van der Waals surface area contributed by atoms with E-state index in [0.717, 1.165) is 43.2 Å². The fourth-order valence-corrected chi connectivity index (χ4v) is 5.00. The van der Waals surface area contributed by atoms with Crippen LogP contribution in [0.5, 0.6) is 0 Å². The van der Waals surface area contributed by atoms with Crippen LogP contribution >= 0.6 is 0 Å². The van der Waals surface area contributed by atoms with Gasteiger partial charge in [0.1, 0.15) is 5.82 Å². The lowest BCUT2D eigenvalue weighted by Crippen LogP contribution is -2.44. The number of alkyl halides is 6. The Morgan fingerprint density at radius 3 is 2.39 bits per heavy atom. The molecule has 0 aromatic heterocycles. The Labute approximate surface area is 213 Å². The van der Waals surface area contributed by atoms with E-state index in [1.54, 1.807) is 6.07 Å².